The molecule has 0 aliphatic carbocycles. The number of nitrogens with one attached hydrogen (secondary N) is 2. The number of anilines is 4. The van der Waals surface area contributed by atoms with Gasteiger partial charge in [-0.3, -0.25) is 0 Å². The van der Waals surface area contributed by atoms with Gasteiger partial charge in [0.2, 0.25) is 5.95 Å². The summed E-state index contributed by atoms with van der Waals surface area (Å²) in [4.78, 5) is 6.95. The van der Waals surface area contributed by atoms with Crippen LogP contribution < -0.4 is 15.5 Å². The Bertz CT molecular complexity index is 873. The zero-order chi connectivity index (χ0) is 19.2. The van der Waals surface area contributed by atoms with E-state index in [0.29, 0.717) is 18.3 Å². The van der Waals surface area contributed by atoms with Crippen molar-refractivity contribution in [3.8, 4) is 0 Å². The van der Waals surface area contributed by atoms with E-state index < -0.39 is 0 Å². The van der Waals surface area contributed by atoms with Crippen LogP contribution in [0, 0.1) is 5.92 Å². The van der Waals surface area contributed by atoms with Crippen LogP contribution >= 0.6 is 0 Å². The second kappa shape index (κ2) is 8.69. The fourth-order valence-electron chi connectivity index (χ4n) is 3.38. The number of nitrogens with zero attached hydrogens (tertiary/aromatic N) is 4. The monoisotopic (exact) mass is 374 g/mol. The van der Waals surface area contributed by atoms with Crippen molar-refractivity contribution in [2.45, 2.75) is 26.3 Å². The summed E-state index contributed by atoms with van der Waals surface area (Å²) >= 11 is 0. The molecule has 28 heavy (non-hydrogen) atoms. The molecule has 0 spiro atoms. The second-order valence-corrected chi connectivity index (χ2v) is 7.35. The average Bonchev–Trinajstić information content (AvgIpc) is 2.75. The smallest absolute Gasteiger partial charge is 0.249 e. The maximum absolute atomic E-state index is 4.50. The molecule has 0 radical (unpaired) electrons. The summed E-state index contributed by atoms with van der Waals surface area (Å²) in [6.07, 6.45) is 4.17. The van der Waals surface area contributed by atoms with Gasteiger partial charge in [-0.1, -0.05) is 37.3 Å². The molecule has 144 valence electrons. The minimum absolute atomic E-state index is 0.484. The molecular formula is C22H26N6. The summed E-state index contributed by atoms with van der Waals surface area (Å²) in [7, 11) is 0. The summed E-state index contributed by atoms with van der Waals surface area (Å²) in [5.74, 6) is 2.02. The van der Waals surface area contributed by atoms with Crippen molar-refractivity contribution in [2.24, 2.45) is 5.92 Å². The molecule has 2 N–H and O–H groups in total. The lowest BCUT2D eigenvalue weighted by atomic mass is 9.99. The van der Waals surface area contributed by atoms with E-state index in [1.807, 2.05) is 18.2 Å². The molecule has 6 nitrogen and oxygen atoms in total. The highest BCUT2D eigenvalue weighted by Gasteiger charge is 2.15. The molecule has 1 aliphatic rings. The van der Waals surface area contributed by atoms with Crippen LogP contribution in [0.15, 0.2) is 60.8 Å². The van der Waals surface area contributed by atoms with Crippen molar-refractivity contribution in [3.05, 3.63) is 66.4 Å². The Hall–Kier alpha value is -3.15. The molecule has 0 atom stereocenters. The third-order valence-corrected chi connectivity index (χ3v) is 5.15. The lowest BCUT2D eigenvalue weighted by molar-refractivity contribution is 0.438. The van der Waals surface area contributed by atoms with Gasteiger partial charge in [-0.05, 0) is 48.6 Å². The van der Waals surface area contributed by atoms with Crippen molar-refractivity contribution in [1.29, 1.82) is 0 Å². The number of aromatic nitrogens is 3. The first-order valence-corrected chi connectivity index (χ1v) is 9.86. The normalized spacial score (nSPS) is 14.7. The van der Waals surface area contributed by atoms with Gasteiger partial charge < -0.3 is 15.5 Å². The van der Waals surface area contributed by atoms with Crippen LogP contribution in [0.25, 0.3) is 0 Å². The molecule has 2 heterocycles. The van der Waals surface area contributed by atoms with Gasteiger partial charge in [0.05, 0.1) is 6.20 Å². The van der Waals surface area contributed by atoms with Gasteiger partial charge in [-0.2, -0.15) is 10.1 Å². The molecule has 4 rings (SSSR count). The second-order valence-electron chi connectivity index (χ2n) is 7.35. The summed E-state index contributed by atoms with van der Waals surface area (Å²) in [6.45, 7) is 5.30. The van der Waals surface area contributed by atoms with E-state index in [-0.39, 0.29) is 0 Å². The van der Waals surface area contributed by atoms with Crippen LogP contribution in [-0.2, 0) is 6.54 Å². The van der Waals surface area contributed by atoms with E-state index in [1.165, 1.54) is 24.1 Å². The van der Waals surface area contributed by atoms with Gasteiger partial charge >= 0.3 is 0 Å². The van der Waals surface area contributed by atoms with E-state index in [0.717, 1.165) is 24.7 Å². The van der Waals surface area contributed by atoms with Crippen LogP contribution in [-0.4, -0.2) is 28.3 Å². The van der Waals surface area contributed by atoms with Crippen LogP contribution in [0.5, 0.6) is 0 Å². The summed E-state index contributed by atoms with van der Waals surface area (Å²) in [5.41, 5.74) is 3.42. The van der Waals surface area contributed by atoms with Gasteiger partial charge in [-0.15, -0.1) is 5.10 Å². The molecule has 1 fully saturated rings. The molecule has 1 saturated heterocycles. The number of hydrogen-bond donors (Lipinski definition) is 2. The van der Waals surface area contributed by atoms with Gasteiger partial charge in [0.25, 0.3) is 0 Å². The molecule has 2 aromatic carbocycles. The zero-order valence-corrected chi connectivity index (χ0v) is 16.2. The molecule has 0 bridgehead atoms. The molecule has 0 unspecified atom stereocenters. The van der Waals surface area contributed by atoms with E-state index in [4.69, 9.17) is 0 Å². The Balaban J connectivity index is 1.36. The van der Waals surface area contributed by atoms with Gasteiger partial charge in [-0.25, -0.2) is 0 Å². The molecule has 0 amide bonds. The van der Waals surface area contributed by atoms with E-state index in [2.05, 4.69) is 74.0 Å². The summed E-state index contributed by atoms with van der Waals surface area (Å²) < 4.78 is 0. The molecular weight excluding hydrogens is 348 g/mol. The van der Waals surface area contributed by atoms with Crippen molar-refractivity contribution in [2.75, 3.05) is 28.6 Å². The Morgan fingerprint density at radius 1 is 1.00 bits per heavy atom. The topological polar surface area (TPSA) is 66.0 Å². The number of rotatable bonds is 6. The Morgan fingerprint density at radius 3 is 2.50 bits per heavy atom. The maximum atomic E-state index is 4.50. The Morgan fingerprint density at radius 2 is 1.75 bits per heavy atom. The third-order valence-electron chi connectivity index (χ3n) is 5.15. The Kier molecular flexibility index (Phi) is 5.66. The fraction of sp³-hybridized carbons (Fsp3) is 0.318. The minimum atomic E-state index is 0.484. The van der Waals surface area contributed by atoms with Crippen LogP contribution in [0.3, 0.4) is 0 Å². The summed E-state index contributed by atoms with van der Waals surface area (Å²) in [6, 6.07) is 18.7. The van der Waals surface area contributed by atoms with Crippen LogP contribution in [0.2, 0.25) is 0 Å². The first-order chi connectivity index (χ1) is 13.8. The molecule has 1 aromatic heterocycles. The minimum Gasteiger partial charge on any atom is -0.372 e. The van der Waals surface area contributed by atoms with Crippen molar-refractivity contribution >= 4 is 23.1 Å². The lowest BCUT2D eigenvalue weighted by Crippen LogP contribution is -2.32. The van der Waals surface area contributed by atoms with Crippen LogP contribution in [0.1, 0.15) is 25.3 Å². The lowest BCUT2D eigenvalue weighted by Gasteiger charge is -2.32. The predicted octanol–water partition coefficient (Wildman–Crippen LogP) is 4.46. The first-order valence-electron chi connectivity index (χ1n) is 9.86. The van der Waals surface area contributed by atoms with Crippen molar-refractivity contribution in [3.63, 3.8) is 0 Å². The standard InChI is InChI=1S/C22H26N6/c1-17-11-13-28(14-12-17)20-9-7-19(8-10-20)25-22-26-21(16-24-27-22)23-15-18-5-3-2-4-6-18/h2-10,16-17H,11-15H2,1H3,(H2,23,25,26,27). The maximum Gasteiger partial charge on any atom is 0.249 e. The highest BCUT2D eigenvalue weighted by Crippen LogP contribution is 2.25. The van der Waals surface area contributed by atoms with Gasteiger partial charge in [0.15, 0.2) is 5.82 Å². The SMILES string of the molecule is CC1CCN(c2ccc(Nc3nncc(NCc4ccccc4)n3)cc2)CC1. The highest BCUT2D eigenvalue weighted by molar-refractivity contribution is 5.59. The number of benzene rings is 2. The zero-order valence-electron chi connectivity index (χ0n) is 16.2. The number of piperidine rings is 1. The average molecular weight is 374 g/mol. The van der Waals surface area contributed by atoms with Crippen molar-refractivity contribution < 1.29 is 0 Å². The third kappa shape index (κ3) is 4.76. The highest BCUT2D eigenvalue weighted by atomic mass is 15.3. The molecule has 1 aliphatic heterocycles. The largest absolute Gasteiger partial charge is 0.372 e. The fourth-order valence-corrected chi connectivity index (χ4v) is 3.38. The van der Waals surface area contributed by atoms with E-state index in [9.17, 15) is 0 Å². The first kappa shape index (κ1) is 18.2. The number of hydrogen-bond acceptors (Lipinski definition) is 6. The molecule has 0 saturated carbocycles. The quantitative estimate of drug-likeness (QED) is 0.664. The Labute approximate surface area is 166 Å². The van der Waals surface area contributed by atoms with Crippen molar-refractivity contribution in [1.82, 2.24) is 15.2 Å². The summed E-state index contributed by atoms with van der Waals surface area (Å²) in [5, 5.41) is 14.7. The van der Waals surface area contributed by atoms with Gasteiger partial charge in [0.1, 0.15) is 0 Å². The molecule has 3 aromatic rings. The van der Waals surface area contributed by atoms with Crippen LogP contribution in [0.4, 0.5) is 23.1 Å². The van der Waals surface area contributed by atoms with E-state index in [1.54, 1.807) is 6.20 Å². The predicted molar refractivity (Wildman–Crippen MR) is 114 cm³/mol. The van der Waals surface area contributed by atoms with E-state index >= 15 is 0 Å². The molecule has 6 heteroatoms. The van der Waals surface area contributed by atoms with Gasteiger partial charge in [0, 0.05) is 31.0 Å².